The molecule has 2 aromatic rings. The molecule has 0 heterocycles. The molecule has 6 nitrogen and oxygen atoms in total. The van der Waals surface area contributed by atoms with Gasteiger partial charge in [0.1, 0.15) is 5.78 Å². The normalized spacial score (nSPS) is 13.7. The van der Waals surface area contributed by atoms with Crippen molar-refractivity contribution < 1.29 is 22.8 Å². The maximum absolute atomic E-state index is 12.2. The highest BCUT2D eigenvalue weighted by atomic mass is 35.5. The van der Waals surface area contributed by atoms with E-state index in [0.717, 1.165) is 16.7 Å². The summed E-state index contributed by atoms with van der Waals surface area (Å²) in [5.41, 5.74) is 2.80. The van der Waals surface area contributed by atoms with E-state index in [2.05, 4.69) is 4.72 Å². The Bertz CT molecular complexity index is 908. The molecule has 0 aromatic heterocycles. The topological polar surface area (TPSA) is 104 Å². The third-order valence-electron chi connectivity index (χ3n) is 4.09. The van der Waals surface area contributed by atoms with Crippen LogP contribution in [0, 0.1) is 5.92 Å². The summed E-state index contributed by atoms with van der Waals surface area (Å²) < 4.78 is 38.1. The van der Waals surface area contributed by atoms with Crippen molar-refractivity contribution in [2.45, 2.75) is 26.1 Å². The van der Waals surface area contributed by atoms with Gasteiger partial charge in [-0.15, -0.1) is 0 Å². The first-order valence-corrected chi connectivity index (χ1v) is 12.1. The monoisotopic (exact) mass is 431 g/mol. The summed E-state index contributed by atoms with van der Waals surface area (Å²) in [5.74, 6) is -2.20. The SMILES string of the molecule is CC(C)[C@H](NS(=O)(=O)CCc1ccc(-c2ccc(Cl)cc2)cc1)P(=O)(O)O. The second kappa shape index (κ2) is 8.86. The van der Waals surface area contributed by atoms with Crippen LogP contribution < -0.4 is 4.72 Å². The molecule has 0 aliphatic rings. The number of aryl methyl sites for hydroxylation is 1. The zero-order chi connectivity index (χ0) is 20.2. The van der Waals surface area contributed by atoms with Crippen LogP contribution >= 0.6 is 19.2 Å². The van der Waals surface area contributed by atoms with E-state index < -0.39 is 29.3 Å². The minimum Gasteiger partial charge on any atom is -0.323 e. The Hall–Kier alpha value is -1.21. The molecule has 0 amide bonds. The Morgan fingerprint density at radius 2 is 1.48 bits per heavy atom. The van der Waals surface area contributed by atoms with Crippen molar-refractivity contribution in [2.24, 2.45) is 5.92 Å². The Labute approximate surface area is 164 Å². The quantitative estimate of drug-likeness (QED) is 0.554. The van der Waals surface area contributed by atoms with Crippen molar-refractivity contribution >= 4 is 29.2 Å². The van der Waals surface area contributed by atoms with E-state index in [1.807, 2.05) is 36.4 Å². The van der Waals surface area contributed by atoms with Gasteiger partial charge in [-0.2, -0.15) is 4.72 Å². The number of rotatable bonds is 8. The molecule has 0 fully saturated rings. The van der Waals surface area contributed by atoms with Crippen molar-refractivity contribution in [3.8, 4) is 11.1 Å². The molecule has 2 aromatic carbocycles. The van der Waals surface area contributed by atoms with Gasteiger partial charge in [-0.25, -0.2) is 8.42 Å². The summed E-state index contributed by atoms with van der Waals surface area (Å²) in [4.78, 5) is 18.7. The van der Waals surface area contributed by atoms with Crippen molar-refractivity contribution in [3.05, 3.63) is 59.1 Å². The number of nitrogens with one attached hydrogen (secondary N) is 1. The molecule has 27 heavy (non-hydrogen) atoms. The van der Waals surface area contributed by atoms with Gasteiger partial charge in [-0.05, 0) is 41.2 Å². The number of sulfonamides is 1. The lowest BCUT2D eigenvalue weighted by molar-refractivity contribution is 0.336. The highest BCUT2D eigenvalue weighted by Gasteiger charge is 2.34. The fraction of sp³-hybridized carbons (Fsp3) is 0.333. The van der Waals surface area contributed by atoms with Gasteiger partial charge >= 0.3 is 7.60 Å². The van der Waals surface area contributed by atoms with Gasteiger partial charge in [0.2, 0.25) is 10.0 Å². The van der Waals surface area contributed by atoms with E-state index in [1.54, 1.807) is 26.0 Å². The van der Waals surface area contributed by atoms with Crippen LogP contribution in [0.25, 0.3) is 11.1 Å². The molecule has 0 unspecified atom stereocenters. The highest BCUT2D eigenvalue weighted by Crippen LogP contribution is 2.43. The smallest absolute Gasteiger partial charge is 0.323 e. The zero-order valence-electron chi connectivity index (χ0n) is 15.0. The van der Waals surface area contributed by atoms with Gasteiger partial charge in [0.15, 0.2) is 0 Å². The van der Waals surface area contributed by atoms with Crippen LogP contribution in [0.3, 0.4) is 0 Å². The average Bonchev–Trinajstić information content (AvgIpc) is 2.58. The third kappa shape index (κ3) is 6.71. The fourth-order valence-corrected chi connectivity index (χ4v) is 5.79. The second-order valence-corrected chi connectivity index (χ2v) is 10.7. The highest BCUT2D eigenvalue weighted by molar-refractivity contribution is 7.89. The van der Waals surface area contributed by atoms with Crippen LogP contribution in [-0.4, -0.2) is 29.7 Å². The van der Waals surface area contributed by atoms with Gasteiger partial charge in [0.05, 0.1) is 5.75 Å². The third-order valence-corrected chi connectivity index (χ3v) is 7.32. The molecule has 9 heteroatoms. The van der Waals surface area contributed by atoms with Crippen LogP contribution in [0.2, 0.25) is 5.02 Å². The van der Waals surface area contributed by atoms with E-state index in [9.17, 15) is 22.8 Å². The first-order chi connectivity index (χ1) is 12.5. The Balaban J connectivity index is 2.03. The summed E-state index contributed by atoms with van der Waals surface area (Å²) in [5, 5.41) is 0.656. The van der Waals surface area contributed by atoms with Gasteiger partial charge in [0, 0.05) is 5.02 Å². The summed E-state index contributed by atoms with van der Waals surface area (Å²) in [6.45, 7) is 3.11. The molecule has 0 aliphatic carbocycles. The Morgan fingerprint density at radius 3 is 1.93 bits per heavy atom. The van der Waals surface area contributed by atoms with Crippen LogP contribution in [0.4, 0.5) is 0 Å². The molecule has 0 radical (unpaired) electrons. The van der Waals surface area contributed by atoms with E-state index in [4.69, 9.17) is 11.6 Å². The molecule has 0 aliphatic heterocycles. The van der Waals surface area contributed by atoms with Crippen molar-refractivity contribution in [1.29, 1.82) is 0 Å². The molecule has 3 N–H and O–H groups in total. The van der Waals surface area contributed by atoms with Gasteiger partial charge in [-0.1, -0.05) is 61.8 Å². The van der Waals surface area contributed by atoms with Crippen LogP contribution in [0.15, 0.2) is 48.5 Å². The number of halogens is 1. The minimum absolute atomic E-state index is 0.238. The standard InChI is InChI=1S/C18H23ClNO5PS/c1-13(2)18(26(21,22)23)20-27(24,25)12-11-14-3-5-15(6-4-14)16-7-9-17(19)10-8-16/h3-10,13,18,20H,11-12H2,1-2H3,(H2,21,22,23)/t18-/m1/s1. The number of hydrogen-bond donors (Lipinski definition) is 3. The summed E-state index contributed by atoms with van der Waals surface area (Å²) >= 11 is 5.88. The van der Waals surface area contributed by atoms with E-state index >= 15 is 0 Å². The molecular formula is C18H23ClNO5PS. The summed E-state index contributed by atoms with van der Waals surface area (Å²) in [6.07, 6.45) is 0.238. The van der Waals surface area contributed by atoms with Gasteiger partial charge in [-0.3, -0.25) is 4.57 Å². The summed E-state index contributed by atoms with van der Waals surface area (Å²) in [7, 11) is -8.40. The Kier molecular flexibility index (Phi) is 7.25. The summed E-state index contributed by atoms with van der Waals surface area (Å²) in [6, 6.07) is 14.9. The lowest BCUT2D eigenvalue weighted by Gasteiger charge is -2.23. The largest absolute Gasteiger partial charge is 0.343 e. The first-order valence-electron chi connectivity index (χ1n) is 8.38. The van der Waals surface area contributed by atoms with Gasteiger partial charge in [0.25, 0.3) is 0 Å². The van der Waals surface area contributed by atoms with Gasteiger partial charge < -0.3 is 9.79 Å². The predicted molar refractivity (Wildman–Crippen MR) is 108 cm³/mol. The predicted octanol–water partition coefficient (Wildman–Crippen LogP) is 3.63. The fourth-order valence-electron chi connectivity index (χ4n) is 2.59. The number of hydrogen-bond acceptors (Lipinski definition) is 3. The maximum atomic E-state index is 12.2. The lowest BCUT2D eigenvalue weighted by atomic mass is 10.0. The lowest BCUT2D eigenvalue weighted by Crippen LogP contribution is -2.39. The molecular weight excluding hydrogens is 409 g/mol. The van der Waals surface area contributed by atoms with Crippen LogP contribution in [0.1, 0.15) is 19.4 Å². The Morgan fingerprint density at radius 1 is 1.00 bits per heavy atom. The molecule has 1 atom stereocenters. The molecule has 148 valence electrons. The number of benzene rings is 2. The van der Waals surface area contributed by atoms with E-state index in [-0.39, 0.29) is 12.2 Å². The average molecular weight is 432 g/mol. The molecule has 2 rings (SSSR count). The van der Waals surface area contributed by atoms with Crippen molar-refractivity contribution in [1.82, 2.24) is 4.72 Å². The second-order valence-electron chi connectivity index (χ2n) is 6.67. The van der Waals surface area contributed by atoms with Crippen molar-refractivity contribution in [2.75, 3.05) is 5.75 Å². The van der Waals surface area contributed by atoms with Crippen LogP contribution in [-0.2, 0) is 21.0 Å². The van der Waals surface area contributed by atoms with E-state index in [0.29, 0.717) is 5.02 Å². The zero-order valence-corrected chi connectivity index (χ0v) is 17.5. The first kappa shape index (κ1) is 22.1. The maximum Gasteiger partial charge on any atom is 0.343 e. The van der Waals surface area contributed by atoms with E-state index in [1.165, 1.54) is 0 Å². The van der Waals surface area contributed by atoms with Crippen molar-refractivity contribution in [3.63, 3.8) is 0 Å². The minimum atomic E-state index is -4.57. The van der Waals surface area contributed by atoms with Crippen LogP contribution in [0.5, 0.6) is 0 Å². The molecule has 0 saturated carbocycles. The molecule has 0 saturated heterocycles. The molecule has 0 bridgehead atoms. The molecule has 0 spiro atoms.